The fraction of sp³-hybridized carbons (Fsp3) is 0.667. The van der Waals surface area contributed by atoms with Crippen LogP contribution in [0.4, 0.5) is 0 Å². The first-order valence-electron chi connectivity index (χ1n) is 8.87. The van der Waals surface area contributed by atoms with E-state index >= 15 is 0 Å². The minimum absolute atomic E-state index is 0.280. The lowest BCUT2D eigenvalue weighted by molar-refractivity contribution is 0.00578. The Hall–Kier alpha value is -1.05. The van der Waals surface area contributed by atoms with Gasteiger partial charge in [-0.25, -0.2) is 8.42 Å². The molecule has 0 atom stereocenters. The second kappa shape index (κ2) is 6.60. The summed E-state index contributed by atoms with van der Waals surface area (Å²) in [5, 5.41) is 0. The molecule has 2 saturated heterocycles. The lowest BCUT2D eigenvalue weighted by Gasteiger charge is -2.32. The van der Waals surface area contributed by atoms with Gasteiger partial charge in [0, 0.05) is 0 Å². The number of rotatable bonds is 4. The molecule has 0 aliphatic carbocycles. The SMILES string of the molecule is CC1(C)OB(c2ccc(OCC3CCS(=O)(=O)CC3)cc2)OC1(C)C. The van der Waals surface area contributed by atoms with Crippen molar-refractivity contribution in [1.29, 1.82) is 0 Å². The van der Waals surface area contributed by atoms with E-state index in [-0.39, 0.29) is 29.8 Å². The molecule has 2 aliphatic heterocycles. The molecule has 7 heteroatoms. The molecule has 1 aromatic rings. The molecule has 0 amide bonds. The molecule has 2 heterocycles. The summed E-state index contributed by atoms with van der Waals surface area (Å²) in [7, 11) is -3.19. The number of hydrogen-bond acceptors (Lipinski definition) is 5. The van der Waals surface area contributed by atoms with Gasteiger partial charge in [0.05, 0.1) is 29.3 Å². The maximum Gasteiger partial charge on any atom is 0.494 e. The van der Waals surface area contributed by atoms with Crippen molar-refractivity contribution in [2.45, 2.75) is 51.7 Å². The van der Waals surface area contributed by atoms with E-state index in [2.05, 4.69) is 0 Å². The molecule has 0 saturated carbocycles. The van der Waals surface area contributed by atoms with Gasteiger partial charge in [-0.05, 0) is 64.1 Å². The predicted molar refractivity (Wildman–Crippen MR) is 99.0 cm³/mol. The maximum atomic E-state index is 11.5. The number of sulfone groups is 1. The summed E-state index contributed by atoms with van der Waals surface area (Å²) in [4.78, 5) is 0. The van der Waals surface area contributed by atoms with Gasteiger partial charge in [-0.15, -0.1) is 0 Å². The van der Waals surface area contributed by atoms with E-state index < -0.39 is 9.84 Å². The molecule has 0 radical (unpaired) electrons. The van der Waals surface area contributed by atoms with E-state index in [4.69, 9.17) is 14.0 Å². The molecule has 2 aliphatic rings. The molecule has 0 unspecified atom stereocenters. The van der Waals surface area contributed by atoms with Gasteiger partial charge in [0.15, 0.2) is 0 Å². The summed E-state index contributed by atoms with van der Waals surface area (Å²) in [6.45, 7) is 8.71. The van der Waals surface area contributed by atoms with Crippen LogP contribution in [0.15, 0.2) is 24.3 Å². The zero-order valence-electron chi connectivity index (χ0n) is 15.4. The molecule has 3 rings (SSSR count). The fourth-order valence-corrected chi connectivity index (χ4v) is 4.61. The molecule has 5 nitrogen and oxygen atoms in total. The Morgan fingerprint density at radius 3 is 2.08 bits per heavy atom. The zero-order valence-corrected chi connectivity index (χ0v) is 16.3. The van der Waals surface area contributed by atoms with Crippen LogP contribution in [0.25, 0.3) is 0 Å². The average Bonchev–Trinajstić information content (AvgIpc) is 2.75. The van der Waals surface area contributed by atoms with Crippen molar-refractivity contribution in [2.75, 3.05) is 18.1 Å². The van der Waals surface area contributed by atoms with Gasteiger partial charge in [-0.3, -0.25) is 0 Å². The van der Waals surface area contributed by atoms with Crippen LogP contribution in [0.3, 0.4) is 0 Å². The summed E-state index contributed by atoms with van der Waals surface area (Å²) >= 11 is 0. The summed E-state index contributed by atoms with van der Waals surface area (Å²) in [5.41, 5.74) is 0.261. The second-order valence-electron chi connectivity index (χ2n) is 8.06. The molecule has 0 bridgehead atoms. The molecule has 0 N–H and O–H groups in total. The first-order chi connectivity index (χ1) is 11.6. The van der Waals surface area contributed by atoms with Crippen LogP contribution < -0.4 is 10.2 Å². The summed E-state index contributed by atoms with van der Waals surface area (Å²) < 4.78 is 40.8. The minimum atomic E-state index is -2.82. The highest BCUT2D eigenvalue weighted by molar-refractivity contribution is 7.91. The average molecular weight is 366 g/mol. The van der Waals surface area contributed by atoms with E-state index in [0.29, 0.717) is 25.4 Å². The normalized spacial score (nSPS) is 25.0. The Morgan fingerprint density at radius 1 is 1.04 bits per heavy atom. The quantitative estimate of drug-likeness (QED) is 0.765. The van der Waals surface area contributed by atoms with E-state index in [1.807, 2.05) is 52.0 Å². The summed E-state index contributed by atoms with van der Waals surface area (Å²) in [5.74, 6) is 1.66. The third-order valence-corrected chi connectivity index (χ3v) is 7.28. The van der Waals surface area contributed by atoms with Crippen LogP contribution in [-0.4, -0.2) is 44.9 Å². The van der Waals surface area contributed by atoms with Crippen molar-refractivity contribution < 1.29 is 22.5 Å². The van der Waals surface area contributed by atoms with Crippen LogP contribution in [0, 0.1) is 5.92 Å². The Labute approximate surface area is 151 Å². The van der Waals surface area contributed by atoms with Gasteiger partial charge in [-0.1, -0.05) is 12.1 Å². The van der Waals surface area contributed by atoms with Gasteiger partial charge >= 0.3 is 7.12 Å². The molecule has 25 heavy (non-hydrogen) atoms. The van der Waals surface area contributed by atoms with Crippen LogP contribution in [0.2, 0.25) is 0 Å². The van der Waals surface area contributed by atoms with E-state index in [9.17, 15) is 8.42 Å². The Balaban J connectivity index is 1.55. The van der Waals surface area contributed by atoms with E-state index in [1.54, 1.807) is 0 Å². The zero-order chi connectivity index (χ0) is 18.3. The Bertz CT molecular complexity index is 681. The smallest absolute Gasteiger partial charge is 0.493 e. The minimum Gasteiger partial charge on any atom is -0.493 e. The van der Waals surface area contributed by atoms with Crippen molar-refractivity contribution in [3.05, 3.63) is 24.3 Å². The number of benzene rings is 1. The highest BCUT2D eigenvalue weighted by atomic mass is 32.2. The van der Waals surface area contributed by atoms with Gasteiger partial charge in [0.1, 0.15) is 15.6 Å². The molecular formula is C18H27BO5S. The van der Waals surface area contributed by atoms with Crippen LogP contribution in [0.1, 0.15) is 40.5 Å². The van der Waals surface area contributed by atoms with Crippen LogP contribution in [0.5, 0.6) is 5.75 Å². The van der Waals surface area contributed by atoms with Gasteiger partial charge < -0.3 is 14.0 Å². The molecule has 0 aromatic heterocycles. The van der Waals surface area contributed by atoms with Crippen molar-refractivity contribution in [3.63, 3.8) is 0 Å². The number of ether oxygens (including phenoxy) is 1. The highest BCUT2D eigenvalue weighted by Gasteiger charge is 2.51. The van der Waals surface area contributed by atoms with Crippen molar-refractivity contribution in [1.82, 2.24) is 0 Å². The lowest BCUT2D eigenvalue weighted by atomic mass is 9.79. The Kier molecular flexibility index (Phi) is 4.94. The largest absolute Gasteiger partial charge is 0.494 e. The standard InChI is InChI=1S/C18H27BO5S/c1-17(2)18(3,4)24-19(23-17)15-5-7-16(8-6-15)22-13-14-9-11-25(20,21)12-10-14/h5-8,14H,9-13H2,1-4H3. The highest BCUT2D eigenvalue weighted by Crippen LogP contribution is 2.36. The van der Waals surface area contributed by atoms with E-state index in [1.165, 1.54) is 0 Å². The summed E-state index contributed by atoms with van der Waals surface area (Å²) in [6, 6.07) is 7.76. The molecule has 0 spiro atoms. The van der Waals surface area contributed by atoms with Crippen molar-refractivity contribution in [3.8, 4) is 5.75 Å². The summed E-state index contributed by atoms with van der Waals surface area (Å²) in [6.07, 6.45) is 1.38. The molecule has 1 aromatic carbocycles. The predicted octanol–water partition coefficient (Wildman–Crippen LogP) is 2.19. The monoisotopic (exact) mass is 366 g/mol. The third-order valence-electron chi connectivity index (χ3n) is 5.57. The first-order valence-corrected chi connectivity index (χ1v) is 10.7. The molecule has 2 fully saturated rings. The van der Waals surface area contributed by atoms with Gasteiger partial charge in [-0.2, -0.15) is 0 Å². The van der Waals surface area contributed by atoms with E-state index in [0.717, 1.165) is 11.2 Å². The van der Waals surface area contributed by atoms with Crippen molar-refractivity contribution in [2.24, 2.45) is 5.92 Å². The second-order valence-corrected chi connectivity index (χ2v) is 10.4. The van der Waals surface area contributed by atoms with Gasteiger partial charge in [0.2, 0.25) is 0 Å². The topological polar surface area (TPSA) is 61.8 Å². The fourth-order valence-electron chi connectivity index (χ4n) is 3.02. The molecule has 138 valence electrons. The van der Waals surface area contributed by atoms with Crippen LogP contribution in [-0.2, 0) is 19.1 Å². The van der Waals surface area contributed by atoms with Crippen molar-refractivity contribution >= 4 is 22.4 Å². The third kappa shape index (κ3) is 4.21. The lowest BCUT2D eigenvalue weighted by Crippen LogP contribution is -2.41. The van der Waals surface area contributed by atoms with Gasteiger partial charge in [0.25, 0.3) is 0 Å². The Morgan fingerprint density at radius 2 is 1.56 bits per heavy atom. The maximum absolute atomic E-state index is 11.5. The molecular weight excluding hydrogens is 339 g/mol. The van der Waals surface area contributed by atoms with Crippen LogP contribution >= 0.6 is 0 Å². The number of hydrogen-bond donors (Lipinski definition) is 0. The first kappa shape index (κ1) is 18.7.